The van der Waals surface area contributed by atoms with Gasteiger partial charge in [0.05, 0.1) is 5.39 Å². The fourth-order valence-corrected chi connectivity index (χ4v) is 3.50. The average molecular weight is 292 g/mol. The Labute approximate surface area is 122 Å². The van der Waals surface area contributed by atoms with Crippen molar-refractivity contribution in [2.45, 2.75) is 39.2 Å². The minimum atomic E-state index is 0.241. The highest BCUT2D eigenvalue weighted by Gasteiger charge is 2.26. The lowest BCUT2D eigenvalue weighted by molar-refractivity contribution is 0.0980. The van der Waals surface area contributed by atoms with Crippen molar-refractivity contribution in [3.63, 3.8) is 0 Å². The minimum Gasteiger partial charge on any atom is -0.474 e. The van der Waals surface area contributed by atoms with Crippen molar-refractivity contribution in [1.82, 2.24) is 9.97 Å². The number of thiophene rings is 1. The Balaban J connectivity index is 1.85. The van der Waals surface area contributed by atoms with Crippen LogP contribution in [0.3, 0.4) is 0 Å². The fraction of sp³-hybridized carbons (Fsp3) is 0.571. The number of hydrogen-bond donors (Lipinski definition) is 2. The normalized spacial score (nSPS) is 26.6. The van der Waals surface area contributed by atoms with Crippen molar-refractivity contribution >= 4 is 27.5 Å². The van der Waals surface area contributed by atoms with Crippen LogP contribution in [-0.4, -0.2) is 16.1 Å². The zero-order valence-electron chi connectivity index (χ0n) is 11.8. The summed E-state index contributed by atoms with van der Waals surface area (Å²) >= 11 is 1.57. The molecule has 1 aliphatic rings. The second-order valence-electron chi connectivity index (χ2n) is 5.64. The third-order valence-corrected chi connectivity index (χ3v) is 5.05. The number of nitrogens with two attached hydrogens (primary N) is 1. The predicted molar refractivity (Wildman–Crippen MR) is 81.8 cm³/mol. The van der Waals surface area contributed by atoms with Crippen molar-refractivity contribution in [1.29, 1.82) is 0 Å². The topological polar surface area (TPSA) is 73.1 Å². The van der Waals surface area contributed by atoms with E-state index in [0.29, 0.717) is 17.7 Å². The lowest BCUT2D eigenvalue weighted by Crippen LogP contribution is -2.29. The van der Waals surface area contributed by atoms with Crippen molar-refractivity contribution in [2.75, 3.05) is 5.43 Å². The van der Waals surface area contributed by atoms with E-state index in [-0.39, 0.29) is 6.10 Å². The van der Waals surface area contributed by atoms with Gasteiger partial charge in [-0.1, -0.05) is 13.8 Å². The maximum atomic E-state index is 6.15. The first-order valence-corrected chi connectivity index (χ1v) is 7.94. The van der Waals surface area contributed by atoms with E-state index < -0.39 is 0 Å². The van der Waals surface area contributed by atoms with E-state index in [1.165, 1.54) is 6.42 Å². The lowest BCUT2D eigenvalue weighted by Gasteiger charge is -2.32. The first-order chi connectivity index (χ1) is 9.67. The summed E-state index contributed by atoms with van der Waals surface area (Å²) in [5.41, 5.74) is 2.51. The molecule has 1 fully saturated rings. The molecule has 6 heteroatoms. The maximum absolute atomic E-state index is 6.15. The number of aromatic nitrogens is 2. The van der Waals surface area contributed by atoms with Crippen LogP contribution in [0.2, 0.25) is 0 Å². The number of fused-ring (bicyclic) bond motifs is 1. The van der Waals surface area contributed by atoms with Crippen molar-refractivity contribution in [2.24, 2.45) is 17.7 Å². The summed E-state index contributed by atoms with van der Waals surface area (Å²) < 4.78 is 6.15. The zero-order valence-corrected chi connectivity index (χ0v) is 12.6. The molecule has 2 heterocycles. The van der Waals surface area contributed by atoms with Gasteiger partial charge in [0.1, 0.15) is 10.9 Å². The summed E-state index contributed by atoms with van der Waals surface area (Å²) in [6.07, 6.45) is 3.63. The van der Waals surface area contributed by atoms with Gasteiger partial charge in [-0.05, 0) is 42.5 Å². The van der Waals surface area contributed by atoms with Gasteiger partial charge in [-0.25, -0.2) is 10.8 Å². The van der Waals surface area contributed by atoms with Crippen LogP contribution in [0.15, 0.2) is 11.4 Å². The van der Waals surface area contributed by atoms with E-state index >= 15 is 0 Å². The van der Waals surface area contributed by atoms with Gasteiger partial charge in [0, 0.05) is 0 Å². The third kappa shape index (κ3) is 2.58. The van der Waals surface area contributed by atoms with Gasteiger partial charge in [0.15, 0.2) is 0 Å². The van der Waals surface area contributed by atoms with Crippen LogP contribution < -0.4 is 16.0 Å². The van der Waals surface area contributed by atoms with Crippen LogP contribution in [0.5, 0.6) is 5.88 Å². The predicted octanol–water partition coefficient (Wildman–Crippen LogP) is 3.18. The lowest BCUT2D eigenvalue weighted by atomic mass is 9.80. The van der Waals surface area contributed by atoms with E-state index in [1.54, 1.807) is 11.3 Å². The Morgan fingerprint density at radius 3 is 2.90 bits per heavy atom. The molecular weight excluding hydrogens is 272 g/mol. The summed E-state index contributed by atoms with van der Waals surface area (Å²) in [7, 11) is 0. The Morgan fingerprint density at radius 2 is 2.15 bits per heavy atom. The minimum absolute atomic E-state index is 0.241. The molecule has 0 spiro atoms. The Bertz CT molecular complexity index is 600. The SMILES string of the molecule is CC1CCC(Oc2nc(NN)nc3sccc23)CC1C. The summed E-state index contributed by atoms with van der Waals surface area (Å²) in [4.78, 5) is 9.60. The molecule has 0 bridgehead atoms. The number of hydrogen-bond acceptors (Lipinski definition) is 6. The number of nitrogen functional groups attached to an aromatic ring is 1. The molecule has 3 rings (SSSR count). The largest absolute Gasteiger partial charge is 0.474 e. The number of rotatable bonds is 3. The maximum Gasteiger partial charge on any atom is 0.241 e. The molecule has 1 saturated carbocycles. The first-order valence-electron chi connectivity index (χ1n) is 7.06. The molecule has 1 aliphatic carbocycles. The van der Waals surface area contributed by atoms with Gasteiger partial charge >= 0.3 is 0 Å². The van der Waals surface area contributed by atoms with Crippen LogP contribution in [-0.2, 0) is 0 Å². The van der Waals surface area contributed by atoms with Crippen molar-refractivity contribution in [3.05, 3.63) is 11.4 Å². The first kappa shape index (κ1) is 13.6. The standard InChI is InChI=1S/C14H20N4OS/c1-8-3-4-10(7-9(8)2)19-12-11-5-6-20-13(11)17-14(16-12)18-15/h5-6,8-10H,3-4,7,15H2,1-2H3,(H,16,17,18). The second-order valence-corrected chi connectivity index (χ2v) is 6.54. The highest BCUT2D eigenvalue weighted by molar-refractivity contribution is 7.16. The molecule has 0 amide bonds. The average Bonchev–Trinajstić information content (AvgIpc) is 2.91. The third-order valence-electron chi connectivity index (χ3n) is 4.25. The number of ether oxygens (including phenoxy) is 1. The van der Waals surface area contributed by atoms with Gasteiger partial charge in [-0.3, -0.25) is 5.43 Å². The quantitative estimate of drug-likeness (QED) is 0.671. The smallest absolute Gasteiger partial charge is 0.241 e. The van der Waals surface area contributed by atoms with Crippen LogP contribution >= 0.6 is 11.3 Å². The molecule has 2 aromatic rings. The fourth-order valence-electron chi connectivity index (χ4n) is 2.75. The molecule has 0 saturated heterocycles. The Morgan fingerprint density at radius 1 is 1.30 bits per heavy atom. The van der Waals surface area contributed by atoms with Gasteiger partial charge < -0.3 is 4.74 Å². The molecule has 3 N–H and O–H groups in total. The van der Waals surface area contributed by atoms with Gasteiger partial charge in [-0.2, -0.15) is 4.98 Å². The molecule has 0 aliphatic heterocycles. The number of nitrogens with one attached hydrogen (secondary N) is 1. The second kappa shape index (κ2) is 5.54. The van der Waals surface area contributed by atoms with Gasteiger partial charge in [0.25, 0.3) is 0 Å². The van der Waals surface area contributed by atoms with Crippen LogP contribution in [0.4, 0.5) is 5.95 Å². The number of nitrogens with zero attached hydrogens (tertiary/aromatic N) is 2. The molecule has 0 radical (unpaired) electrons. The van der Waals surface area contributed by atoms with Crippen LogP contribution in [0.25, 0.3) is 10.2 Å². The van der Waals surface area contributed by atoms with E-state index in [1.807, 2.05) is 11.4 Å². The molecule has 108 valence electrons. The molecule has 0 aromatic carbocycles. The van der Waals surface area contributed by atoms with Crippen LogP contribution in [0.1, 0.15) is 33.1 Å². The molecule has 5 nitrogen and oxygen atoms in total. The molecule has 2 aromatic heterocycles. The van der Waals surface area contributed by atoms with Crippen molar-refractivity contribution in [3.8, 4) is 5.88 Å². The summed E-state index contributed by atoms with van der Waals surface area (Å²) in [5.74, 6) is 7.96. The Kier molecular flexibility index (Phi) is 3.76. The monoisotopic (exact) mass is 292 g/mol. The highest BCUT2D eigenvalue weighted by Crippen LogP contribution is 2.34. The van der Waals surface area contributed by atoms with E-state index in [2.05, 4.69) is 29.2 Å². The van der Waals surface area contributed by atoms with Gasteiger partial charge in [-0.15, -0.1) is 11.3 Å². The van der Waals surface area contributed by atoms with E-state index in [9.17, 15) is 0 Å². The highest BCUT2D eigenvalue weighted by atomic mass is 32.1. The Hall–Kier alpha value is -1.40. The summed E-state index contributed by atoms with van der Waals surface area (Å²) in [6, 6.07) is 2.00. The van der Waals surface area contributed by atoms with Crippen LogP contribution in [0, 0.1) is 11.8 Å². The molecule has 3 unspecified atom stereocenters. The summed E-state index contributed by atoms with van der Waals surface area (Å²) in [5, 5.41) is 2.97. The number of hydrazine groups is 1. The van der Waals surface area contributed by atoms with E-state index in [4.69, 9.17) is 10.6 Å². The van der Waals surface area contributed by atoms with Crippen molar-refractivity contribution < 1.29 is 4.74 Å². The molecule has 20 heavy (non-hydrogen) atoms. The number of anilines is 1. The molecular formula is C14H20N4OS. The van der Waals surface area contributed by atoms with Gasteiger partial charge in [0.2, 0.25) is 11.8 Å². The van der Waals surface area contributed by atoms with E-state index in [0.717, 1.165) is 29.0 Å². The molecule has 3 atom stereocenters. The zero-order chi connectivity index (χ0) is 14.1. The summed E-state index contributed by atoms with van der Waals surface area (Å²) in [6.45, 7) is 4.62.